The molecule has 0 aliphatic carbocycles. The van der Waals surface area contributed by atoms with Crippen LogP contribution in [0.5, 0.6) is 0 Å². The van der Waals surface area contributed by atoms with E-state index in [4.69, 9.17) is 27.6 Å². The van der Waals surface area contributed by atoms with Crippen molar-refractivity contribution in [2.75, 3.05) is 0 Å². The van der Waals surface area contributed by atoms with E-state index < -0.39 is 6.10 Å². The van der Waals surface area contributed by atoms with Gasteiger partial charge in [0.25, 0.3) is 0 Å². The van der Waals surface area contributed by atoms with Gasteiger partial charge in [0.15, 0.2) is 6.10 Å². The fourth-order valence-electron chi connectivity index (χ4n) is 1.90. The number of halogens is 2. The maximum Gasteiger partial charge on any atom is 0.155 e. The number of rotatable bonds is 2. The average Bonchev–Trinajstić information content (AvgIpc) is 2.81. The molecular formula is C14H9Cl2NO2. The number of aromatic nitrogens is 1. The Labute approximate surface area is 119 Å². The number of benzene rings is 1. The van der Waals surface area contributed by atoms with Gasteiger partial charge in [0.05, 0.1) is 15.7 Å². The van der Waals surface area contributed by atoms with Crippen LogP contribution in [-0.4, -0.2) is 10.1 Å². The van der Waals surface area contributed by atoms with Gasteiger partial charge in [-0.1, -0.05) is 41.4 Å². The first kappa shape index (κ1) is 12.5. The Morgan fingerprint density at radius 2 is 1.95 bits per heavy atom. The number of para-hydroxylation sites is 1. The molecule has 0 fully saturated rings. The van der Waals surface area contributed by atoms with E-state index in [1.807, 2.05) is 24.3 Å². The molecule has 0 saturated heterocycles. The molecule has 0 spiro atoms. The van der Waals surface area contributed by atoms with Crippen LogP contribution in [0.4, 0.5) is 0 Å². The number of nitrogens with zero attached hydrogens (tertiary/aromatic N) is 1. The van der Waals surface area contributed by atoms with Crippen LogP contribution >= 0.6 is 23.2 Å². The molecule has 3 rings (SSSR count). The molecule has 0 saturated carbocycles. The summed E-state index contributed by atoms with van der Waals surface area (Å²) in [7, 11) is 0. The Morgan fingerprint density at radius 3 is 2.68 bits per heavy atom. The molecule has 0 radical (unpaired) electrons. The van der Waals surface area contributed by atoms with Gasteiger partial charge in [-0.2, -0.15) is 0 Å². The summed E-state index contributed by atoms with van der Waals surface area (Å²) in [6.07, 6.45) is 0.423. The fraction of sp³-hybridized carbons (Fsp3) is 0.0714. The highest BCUT2D eigenvalue weighted by atomic mass is 35.5. The summed E-state index contributed by atoms with van der Waals surface area (Å²) >= 11 is 11.8. The molecule has 1 atom stereocenters. The van der Waals surface area contributed by atoms with Crippen LogP contribution in [0.1, 0.15) is 17.6 Å². The molecule has 0 aliphatic rings. The number of hydrogen-bond donors (Lipinski definition) is 1. The molecule has 2 aromatic heterocycles. The smallest absolute Gasteiger partial charge is 0.155 e. The van der Waals surface area contributed by atoms with Gasteiger partial charge in [0.2, 0.25) is 0 Å². The summed E-state index contributed by atoms with van der Waals surface area (Å²) < 4.78 is 5.59. The number of aliphatic hydroxyl groups excluding tert-OH is 1. The van der Waals surface area contributed by atoms with E-state index in [-0.39, 0.29) is 0 Å². The lowest BCUT2D eigenvalue weighted by Gasteiger charge is -2.08. The largest absolute Gasteiger partial charge is 0.458 e. The highest BCUT2D eigenvalue weighted by Gasteiger charge is 2.19. The first-order valence-electron chi connectivity index (χ1n) is 5.62. The average molecular weight is 294 g/mol. The minimum Gasteiger partial charge on any atom is -0.458 e. The third-order valence-electron chi connectivity index (χ3n) is 2.81. The van der Waals surface area contributed by atoms with Crippen molar-refractivity contribution in [1.82, 2.24) is 4.98 Å². The van der Waals surface area contributed by atoms with Gasteiger partial charge in [-0.05, 0) is 18.2 Å². The van der Waals surface area contributed by atoms with E-state index in [0.29, 0.717) is 27.1 Å². The van der Waals surface area contributed by atoms with Crippen molar-refractivity contribution in [2.24, 2.45) is 0 Å². The van der Waals surface area contributed by atoms with Gasteiger partial charge < -0.3 is 9.52 Å². The molecule has 3 nitrogen and oxygen atoms in total. The van der Waals surface area contributed by atoms with Crippen molar-refractivity contribution < 1.29 is 9.52 Å². The number of fused-ring (bicyclic) bond motifs is 1. The summed E-state index contributed by atoms with van der Waals surface area (Å²) in [6.45, 7) is 0. The molecule has 0 amide bonds. The van der Waals surface area contributed by atoms with Crippen LogP contribution in [-0.2, 0) is 0 Å². The quantitative estimate of drug-likeness (QED) is 0.770. The molecule has 19 heavy (non-hydrogen) atoms. The SMILES string of the molecule is OC(c1cc2ccccc2o1)c1ncc(Cl)cc1Cl. The van der Waals surface area contributed by atoms with Crippen LogP contribution in [0.15, 0.2) is 47.0 Å². The van der Waals surface area contributed by atoms with Gasteiger partial charge in [-0.3, -0.25) is 4.98 Å². The second-order valence-corrected chi connectivity index (χ2v) is 4.95. The van der Waals surface area contributed by atoms with Crippen molar-refractivity contribution in [3.63, 3.8) is 0 Å². The lowest BCUT2D eigenvalue weighted by molar-refractivity contribution is 0.188. The van der Waals surface area contributed by atoms with Crippen molar-refractivity contribution in [3.05, 3.63) is 64.1 Å². The number of furan rings is 1. The van der Waals surface area contributed by atoms with Crippen LogP contribution in [0.3, 0.4) is 0 Å². The summed E-state index contributed by atoms with van der Waals surface area (Å²) in [6, 6.07) is 10.8. The Morgan fingerprint density at radius 1 is 1.16 bits per heavy atom. The molecule has 5 heteroatoms. The lowest BCUT2D eigenvalue weighted by Crippen LogP contribution is -2.01. The second-order valence-electron chi connectivity index (χ2n) is 4.11. The van der Waals surface area contributed by atoms with E-state index in [2.05, 4.69) is 4.98 Å². The zero-order chi connectivity index (χ0) is 13.4. The zero-order valence-electron chi connectivity index (χ0n) is 9.68. The Balaban J connectivity index is 2.05. The van der Waals surface area contributed by atoms with E-state index in [9.17, 15) is 5.11 Å². The fourth-order valence-corrected chi connectivity index (χ4v) is 2.38. The van der Waals surface area contributed by atoms with Gasteiger partial charge in [-0.25, -0.2) is 0 Å². The molecule has 0 bridgehead atoms. The van der Waals surface area contributed by atoms with Crippen molar-refractivity contribution in [1.29, 1.82) is 0 Å². The van der Waals surface area contributed by atoms with E-state index in [1.54, 1.807) is 6.07 Å². The maximum absolute atomic E-state index is 10.3. The third kappa shape index (κ3) is 2.32. The first-order chi connectivity index (χ1) is 9.15. The zero-order valence-corrected chi connectivity index (χ0v) is 11.2. The van der Waals surface area contributed by atoms with E-state index in [0.717, 1.165) is 5.39 Å². The standard InChI is InChI=1S/C14H9Cl2NO2/c15-9-6-10(16)13(17-7-9)14(18)12-5-8-3-1-2-4-11(8)19-12/h1-7,14,18H. The Kier molecular flexibility index (Phi) is 3.19. The number of pyridine rings is 1. The predicted molar refractivity (Wildman–Crippen MR) is 74.5 cm³/mol. The summed E-state index contributed by atoms with van der Waals surface area (Å²) in [5, 5.41) is 11.9. The van der Waals surface area contributed by atoms with Crippen molar-refractivity contribution in [3.8, 4) is 0 Å². The summed E-state index contributed by atoms with van der Waals surface area (Å²) in [5.74, 6) is 0.401. The van der Waals surface area contributed by atoms with Gasteiger partial charge >= 0.3 is 0 Å². The lowest BCUT2D eigenvalue weighted by atomic mass is 10.1. The number of aliphatic hydroxyl groups is 1. The summed E-state index contributed by atoms with van der Waals surface area (Å²) in [5.41, 5.74) is 1.03. The van der Waals surface area contributed by atoms with Gasteiger partial charge in [0, 0.05) is 11.6 Å². The van der Waals surface area contributed by atoms with Crippen LogP contribution in [0, 0.1) is 0 Å². The Bertz CT molecular complexity index is 706. The molecule has 1 unspecified atom stereocenters. The van der Waals surface area contributed by atoms with Gasteiger partial charge in [0.1, 0.15) is 11.3 Å². The van der Waals surface area contributed by atoms with E-state index >= 15 is 0 Å². The van der Waals surface area contributed by atoms with Crippen molar-refractivity contribution >= 4 is 34.2 Å². The first-order valence-corrected chi connectivity index (χ1v) is 6.38. The van der Waals surface area contributed by atoms with Crippen LogP contribution in [0.25, 0.3) is 11.0 Å². The predicted octanol–water partition coefficient (Wildman–Crippen LogP) is 4.22. The normalized spacial score (nSPS) is 12.8. The topological polar surface area (TPSA) is 46.3 Å². The molecule has 1 N–H and O–H groups in total. The minimum absolute atomic E-state index is 0.306. The Hall–Kier alpha value is -1.55. The van der Waals surface area contributed by atoms with E-state index in [1.165, 1.54) is 12.3 Å². The van der Waals surface area contributed by atoms with Crippen LogP contribution < -0.4 is 0 Å². The maximum atomic E-state index is 10.3. The molecule has 1 aromatic carbocycles. The molecular weight excluding hydrogens is 285 g/mol. The second kappa shape index (κ2) is 4.85. The highest BCUT2D eigenvalue weighted by molar-refractivity contribution is 6.34. The third-order valence-corrected chi connectivity index (χ3v) is 3.32. The number of hydrogen-bond acceptors (Lipinski definition) is 3. The molecule has 3 aromatic rings. The molecule has 96 valence electrons. The highest BCUT2D eigenvalue weighted by Crippen LogP contribution is 2.31. The van der Waals surface area contributed by atoms with Gasteiger partial charge in [-0.15, -0.1) is 0 Å². The monoisotopic (exact) mass is 293 g/mol. The molecule has 2 heterocycles. The molecule has 0 aliphatic heterocycles. The minimum atomic E-state index is -1.02. The van der Waals surface area contributed by atoms with Crippen molar-refractivity contribution in [2.45, 2.75) is 6.10 Å². The summed E-state index contributed by atoms with van der Waals surface area (Å²) in [4.78, 5) is 4.05. The van der Waals surface area contributed by atoms with Crippen LogP contribution in [0.2, 0.25) is 10.0 Å².